The quantitative estimate of drug-likeness (QED) is 0.785. The van der Waals surface area contributed by atoms with Crippen LogP contribution in [0.25, 0.3) is 0 Å². The Morgan fingerprint density at radius 2 is 2.40 bits per heavy atom. The van der Waals surface area contributed by atoms with E-state index in [9.17, 15) is 0 Å². The van der Waals surface area contributed by atoms with Crippen molar-refractivity contribution in [3.63, 3.8) is 0 Å². The lowest BCUT2D eigenvalue weighted by molar-refractivity contribution is 0.193. The van der Waals surface area contributed by atoms with E-state index in [0.29, 0.717) is 16.5 Å². The maximum absolute atomic E-state index is 5.36. The van der Waals surface area contributed by atoms with Crippen LogP contribution in [0.2, 0.25) is 0 Å². The molecule has 1 unspecified atom stereocenters. The molecule has 1 aromatic rings. The molecule has 82 valence electrons. The number of aromatic nitrogens is 2. The summed E-state index contributed by atoms with van der Waals surface area (Å²) in [6, 6.07) is 1.94. The largest absolute Gasteiger partial charge is 0.381 e. The monoisotopic (exact) mass is 224 g/mol. The minimum atomic E-state index is 0.394. The first-order valence-corrected chi connectivity index (χ1v) is 5.76. The highest BCUT2D eigenvalue weighted by atomic mass is 32.1. The zero-order valence-corrected chi connectivity index (χ0v) is 9.93. The SMILES string of the molecule is CC(C)c1cc(=S)nc(C2CCOC2)[nH]1. The Hall–Kier alpha value is -0.740. The highest BCUT2D eigenvalue weighted by Gasteiger charge is 2.20. The molecule has 0 amide bonds. The van der Waals surface area contributed by atoms with Crippen molar-refractivity contribution in [3.05, 3.63) is 22.2 Å². The van der Waals surface area contributed by atoms with E-state index in [1.807, 2.05) is 6.07 Å². The summed E-state index contributed by atoms with van der Waals surface area (Å²) in [6.45, 7) is 5.89. The highest BCUT2D eigenvalue weighted by molar-refractivity contribution is 7.71. The Labute approximate surface area is 94.9 Å². The van der Waals surface area contributed by atoms with Crippen molar-refractivity contribution in [2.75, 3.05) is 13.2 Å². The number of nitrogens with one attached hydrogen (secondary N) is 1. The molecule has 3 nitrogen and oxygen atoms in total. The Morgan fingerprint density at radius 3 is 3.00 bits per heavy atom. The Bertz CT molecular complexity index is 394. The molecule has 1 aromatic heterocycles. The predicted octanol–water partition coefficient (Wildman–Crippen LogP) is 2.77. The molecular weight excluding hydrogens is 208 g/mol. The van der Waals surface area contributed by atoms with E-state index < -0.39 is 0 Å². The number of hydrogen-bond acceptors (Lipinski definition) is 3. The van der Waals surface area contributed by atoms with Crippen molar-refractivity contribution in [2.24, 2.45) is 0 Å². The van der Waals surface area contributed by atoms with Gasteiger partial charge in [-0.1, -0.05) is 26.1 Å². The molecule has 1 aliphatic heterocycles. The van der Waals surface area contributed by atoms with Crippen LogP contribution < -0.4 is 0 Å². The standard InChI is InChI=1S/C11H16N2OS/c1-7(2)9-5-10(15)13-11(12-9)8-3-4-14-6-8/h5,7-8H,3-4,6H2,1-2H3,(H,12,13,15). The third-order valence-electron chi connectivity index (χ3n) is 2.72. The van der Waals surface area contributed by atoms with Gasteiger partial charge in [-0.05, 0) is 18.4 Å². The molecule has 2 rings (SSSR count). The first-order valence-electron chi connectivity index (χ1n) is 5.35. The second-order valence-electron chi connectivity index (χ2n) is 4.28. The van der Waals surface area contributed by atoms with E-state index >= 15 is 0 Å². The van der Waals surface area contributed by atoms with Crippen molar-refractivity contribution in [1.82, 2.24) is 9.97 Å². The van der Waals surface area contributed by atoms with E-state index in [-0.39, 0.29) is 0 Å². The summed E-state index contributed by atoms with van der Waals surface area (Å²) in [4.78, 5) is 7.75. The summed E-state index contributed by atoms with van der Waals surface area (Å²) in [6.07, 6.45) is 1.04. The van der Waals surface area contributed by atoms with Gasteiger partial charge in [-0.2, -0.15) is 0 Å². The van der Waals surface area contributed by atoms with Crippen molar-refractivity contribution >= 4 is 12.2 Å². The average Bonchev–Trinajstić information content (AvgIpc) is 2.69. The van der Waals surface area contributed by atoms with Gasteiger partial charge in [-0.25, -0.2) is 4.98 Å². The number of hydrogen-bond donors (Lipinski definition) is 1. The normalized spacial score (nSPS) is 21.1. The third kappa shape index (κ3) is 2.44. The van der Waals surface area contributed by atoms with Crippen LogP contribution in [0.1, 0.15) is 43.6 Å². The van der Waals surface area contributed by atoms with E-state index in [2.05, 4.69) is 23.8 Å². The summed E-state index contributed by atoms with van der Waals surface area (Å²) in [5.74, 6) is 1.84. The molecule has 0 bridgehead atoms. The second-order valence-corrected chi connectivity index (χ2v) is 4.69. The van der Waals surface area contributed by atoms with Gasteiger partial charge in [0.1, 0.15) is 10.5 Å². The molecule has 0 radical (unpaired) electrons. The Morgan fingerprint density at radius 1 is 1.60 bits per heavy atom. The number of nitrogens with zero attached hydrogens (tertiary/aromatic N) is 1. The summed E-state index contributed by atoms with van der Waals surface area (Å²) < 4.78 is 6.04. The molecule has 0 saturated carbocycles. The molecule has 15 heavy (non-hydrogen) atoms. The lowest BCUT2D eigenvalue weighted by Crippen LogP contribution is -2.07. The van der Waals surface area contributed by atoms with Crippen molar-refractivity contribution in [3.8, 4) is 0 Å². The summed E-state index contributed by atoms with van der Waals surface area (Å²) in [5.41, 5.74) is 1.16. The maximum Gasteiger partial charge on any atom is 0.130 e. The van der Waals surface area contributed by atoms with Gasteiger partial charge in [0.25, 0.3) is 0 Å². The van der Waals surface area contributed by atoms with Gasteiger partial charge in [0.15, 0.2) is 0 Å². The van der Waals surface area contributed by atoms with Crippen LogP contribution in [-0.2, 0) is 4.74 Å². The van der Waals surface area contributed by atoms with Gasteiger partial charge < -0.3 is 9.72 Å². The lowest BCUT2D eigenvalue weighted by atomic mass is 10.1. The summed E-state index contributed by atoms with van der Waals surface area (Å²) in [7, 11) is 0. The van der Waals surface area contributed by atoms with Crippen LogP contribution in [0.4, 0.5) is 0 Å². The van der Waals surface area contributed by atoms with Gasteiger partial charge >= 0.3 is 0 Å². The first kappa shape index (κ1) is 10.8. The van der Waals surface area contributed by atoms with E-state index in [1.165, 1.54) is 0 Å². The van der Waals surface area contributed by atoms with Gasteiger partial charge in [-0.15, -0.1) is 0 Å². The van der Waals surface area contributed by atoms with Crippen LogP contribution in [0, 0.1) is 4.64 Å². The van der Waals surface area contributed by atoms with Crippen LogP contribution >= 0.6 is 12.2 Å². The first-order chi connectivity index (χ1) is 7.16. The lowest BCUT2D eigenvalue weighted by Gasteiger charge is -2.11. The van der Waals surface area contributed by atoms with Crippen molar-refractivity contribution < 1.29 is 4.74 Å². The molecule has 0 aliphatic carbocycles. The third-order valence-corrected chi connectivity index (χ3v) is 2.93. The summed E-state index contributed by atoms with van der Waals surface area (Å²) in [5, 5.41) is 0. The fraction of sp³-hybridized carbons (Fsp3) is 0.636. The minimum absolute atomic E-state index is 0.394. The number of ether oxygens (including phenoxy) is 1. The zero-order chi connectivity index (χ0) is 10.8. The molecule has 1 atom stereocenters. The molecule has 1 N–H and O–H groups in total. The van der Waals surface area contributed by atoms with Crippen LogP contribution in [-0.4, -0.2) is 23.2 Å². The van der Waals surface area contributed by atoms with Crippen LogP contribution in [0.5, 0.6) is 0 Å². The van der Waals surface area contributed by atoms with Crippen molar-refractivity contribution in [1.29, 1.82) is 0 Å². The van der Waals surface area contributed by atoms with E-state index in [1.54, 1.807) is 0 Å². The minimum Gasteiger partial charge on any atom is -0.381 e. The molecule has 2 heterocycles. The fourth-order valence-electron chi connectivity index (χ4n) is 1.75. The number of rotatable bonds is 2. The maximum atomic E-state index is 5.36. The van der Waals surface area contributed by atoms with E-state index in [4.69, 9.17) is 17.0 Å². The molecule has 1 fully saturated rings. The topological polar surface area (TPSA) is 37.9 Å². The zero-order valence-electron chi connectivity index (χ0n) is 9.12. The molecule has 1 saturated heterocycles. The smallest absolute Gasteiger partial charge is 0.130 e. The van der Waals surface area contributed by atoms with Crippen LogP contribution in [0.3, 0.4) is 0 Å². The van der Waals surface area contributed by atoms with Gasteiger partial charge in [-0.3, -0.25) is 0 Å². The fourth-order valence-corrected chi connectivity index (χ4v) is 1.98. The van der Waals surface area contributed by atoms with Crippen LogP contribution in [0.15, 0.2) is 6.07 Å². The molecule has 1 aliphatic rings. The Kier molecular flexibility index (Phi) is 3.17. The molecular formula is C11H16N2OS. The van der Waals surface area contributed by atoms with Gasteiger partial charge in [0, 0.05) is 18.2 Å². The Balaban J connectivity index is 2.34. The average molecular weight is 224 g/mol. The van der Waals surface area contributed by atoms with Gasteiger partial charge in [0.2, 0.25) is 0 Å². The molecule has 0 spiro atoms. The van der Waals surface area contributed by atoms with Gasteiger partial charge in [0.05, 0.1) is 6.61 Å². The van der Waals surface area contributed by atoms with E-state index in [0.717, 1.165) is 31.2 Å². The molecule has 4 heteroatoms. The van der Waals surface area contributed by atoms with Crippen molar-refractivity contribution in [2.45, 2.75) is 32.1 Å². The molecule has 0 aromatic carbocycles. The summed E-state index contributed by atoms with van der Waals surface area (Å²) >= 11 is 5.17. The highest BCUT2D eigenvalue weighted by Crippen LogP contribution is 2.23. The predicted molar refractivity (Wildman–Crippen MR) is 61.7 cm³/mol. The number of aromatic amines is 1. The second kappa shape index (κ2) is 4.41. The number of H-pyrrole nitrogens is 1.